The lowest BCUT2D eigenvalue weighted by molar-refractivity contribution is -0.118. The Kier molecular flexibility index (Phi) is 5.18. The van der Waals surface area contributed by atoms with Crippen molar-refractivity contribution < 1.29 is 14.1 Å². The summed E-state index contributed by atoms with van der Waals surface area (Å²) >= 11 is 3.04. The third kappa shape index (κ3) is 4.06. The number of hydrogen-bond donors (Lipinski definition) is 1. The molecule has 1 aliphatic heterocycles. The monoisotopic (exact) mass is 437 g/mol. The van der Waals surface area contributed by atoms with Crippen LogP contribution in [0.5, 0.6) is 5.75 Å². The molecular formula is C22H19N3O3S2. The number of para-hydroxylation sites is 1. The summed E-state index contributed by atoms with van der Waals surface area (Å²) < 4.78 is 13.2. The number of thiazole rings is 1. The molecule has 0 bridgehead atoms. The third-order valence-corrected chi connectivity index (χ3v) is 6.99. The number of thioether (sulfide) groups is 1. The second kappa shape index (κ2) is 8.12. The van der Waals surface area contributed by atoms with Gasteiger partial charge in [0.15, 0.2) is 10.1 Å². The maximum atomic E-state index is 12.2. The Labute approximate surface area is 181 Å². The number of hydrogen-bond acceptors (Lipinski definition) is 7. The van der Waals surface area contributed by atoms with Crippen molar-refractivity contribution in [2.24, 2.45) is 0 Å². The molecule has 30 heavy (non-hydrogen) atoms. The van der Waals surface area contributed by atoms with Crippen LogP contribution in [0.25, 0.3) is 21.5 Å². The molecule has 1 N–H and O–H groups in total. The van der Waals surface area contributed by atoms with E-state index in [1.807, 2.05) is 42.5 Å². The number of fused-ring (bicyclic) bond motifs is 2. The van der Waals surface area contributed by atoms with Crippen LogP contribution in [-0.2, 0) is 17.8 Å². The molecule has 0 spiro atoms. The topological polar surface area (TPSA) is 77.3 Å². The predicted octanol–water partition coefficient (Wildman–Crippen LogP) is 4.68. The molecule has 1 atom stereocenters. The SMILES string of the molecule is CC1Cc2cc(-c3cc(CNC(=O)CSc4nc5ccccc5s4)no3)ccc2O1. The second-order valence-corrected chi connectivity index (χ2v) is 9.40. The summed E-state index contributed by atoms with van der Waals surface area (Å²) in [6.45, 7) is 2.39. The fourth-order valence-corrected chi connectivity index (χ4v) is 5.29. The molecule has 0 aliphatic carbocycles. The van der Waals surface area contributed by atoms with Gasteiger partial charge in [-0.05, 0) is 42.8 Å². The van der Waals surface area contributed by atoms with E-state index in [0.29, 0.717) is 23.8 Å². The highest BCUT2D eigenvalue weighted by Gasteiger charge is 2.20. The number of nitrogens with zero attached hydrogens (tertiary/aromatic N) is 2. The molecule has 2 aromatic heterocycles. The molecule has 0 fully saturated rings. The lowest BCUT2D eigenvalue weighted by Crippen LogP contribution is -2.24. The van der Waals surface area contributed by atoms with Gasteiger partial charge >= 0.3 is 0 Å². The van der Waals surface area contributed by atoms with Crippen LogP contribution in [0, 0.1) is 0 Å². The molecule has 152 valence electrons. The zero-order valence-electron chi connectivity index (χ0n) is 16.3. The Hall–Kier alpha value is -2.84. The van der Waals surface area contributed by atoms with Crippen molar-refractivity contribution in [2.45, 2.75) is 30.3 Å². The summed E-state index contributed by atoms with van der Waals surface area (Å²) in [4.78, 5) is 16.7. The van der Waals surface area contributed by atoms with Gasteiger partial charge < -0.3 is 14.6 Å². The molecule has 1 aliphatic rings. The summed E-state index contributed by atoms with van der Waals surface area (Å²) in [5, 5.41) is 6.97. The van der Waals surface area contributed by atoms with E-state index in [1.165, 1.54) is 17.3 Å². The van der Waals surface area contributed by atoms with Gasteiger partial charge in [-0.1, -0.05) is 29.1 Å². The van der Waals surface area contributed by atoms with Gasteiger partial charge in [-0.2, -0.15) is 0 Å². The van der Waals surface area contributed by atoms with E-state index in [1.54, 1.807) is 11.3 Å². The van der Waals surface area contributed by atoms with E-state index < -0.39 is 0 Å². The molecule has 2 aromatic carbocycles. The Balaban J connectivity index is 1.16. The van der Waals surface area contributed by atoms with Gasteiger partial charge in [-0.15, -0.1) is 11.3 Å². The first-order valence-electron chi connectivity index (χ1n) is 9.65. The summed E-state index contributed by atoms with van der Waals surface area (Å²) in [7, 11) is 0. The molecule has 1 unspecified atom stereocenters. The fourth-order valence-electron chi connectivity index (χ4n) is 3.39. The highest BCUT2D eigenvalue weighted by Crippen LogP contribution is 2.33. The number of carbonyl (C=O) groups excluding carboxylic acids is 1. The molecule has 3 heterocycles. The molecule has 0 saturated heterocycles. The van der Waals surface area contributed by atoms with Gasteiger partial charge in [-0.25, -0.2) is 4.98 Å². The van der Waals surface area contributed by atoms with Crippen molar-refractivity contribution in [3.8, 4) is 17.1 Å². The van der Waals surface area contributed by atoms with Crippen molar-refractivity contribution >= 4 is 39.2 Å². The van der Waals surface area contributed by atoms with Crippen LogP contribution in [0.4, 0.5) is 0 Å². The maximum Gasteiger partial charge on any atom is 0.230 e. The van der Waals surface area contributed by atoms with E-state index in [0.717, 1.165) is 32.3 Å². The summed E-state index contributed by atoms with van der Waals surface area (Å²) in [6.07, 6.45) is 1.10. The average Bonchev–Trinajstić information content (AvgIpc) is 3.46. The van der Waals surface area contributed by atoms with Crippen molar-refractivity contribution in [3.05, 3.63) is 59.8 Å². The first-order valence-corrected chi connectivity index (χ1v) is 11.4. The number of aromatic nitrogens is 2. The van der Waals surface area contributed by atoms with Gasteiger partial charge in [0.05, 0.1) is 22.5 Å². The fraction of sp³-hybridized carbons (Fsp3) is 0.227. The smallest absolute Gasteiger partial charge is 0.230 e. The number of rotatable bonds is 6. The summed E-state index contributed by atoms with van der Waals surface area (Å²) in [5.41, 5.74) is 3.79. The van der Waals surface area contributed by atoms with Gasteiger partial charge in [0.25, 0.3) is 0 Å². The highest BCUT2D eigenvalue weighted by atomic mass is 32.2. The normalized spacial score (nSPS) is 15.2. The first-order chi connectivity index (χ1) is 14.6. The molecule has 4 aromatic rings. The van der Waals surface area contributed by atoms with Crippen LogP contribution in [-0.4, -0.2) is 27.9 Å². The van der Waals surface area contributed by atoms with Crippen LogP contribution in [0.15, 0.2) is 57.4 Å². The predicted molar refractivity (Wildman–Crippen MR) is 118 cm³/mol. The molecular weight excluding hydrogens is 418 g/mol. The molecule has 0 saturated carbocycles. The van der Waals surface area contributed by atoms with Gasteiger partial charge in [0, 0.05) is 18.1 Å². The molecule has 8 heteroatoms. The third-order valence-electron chi connectivity index (χ3n) is 4.81. The Morgan fingerprint density at radius 2 is 2.17 bits per heavy atom. The van der Waals surface area contributed by atoms with Gasteiger partial charge in [-0.3, -0.25) is 4.79 Å². The van der Waals surface area contributed by atoms with Crippen LogP contribution in [0.2, 0.25) is 0 Å². The van der Waals surface area contributed by atoms with E-state index >= 15 is 0 Å². The lowest BCUT2D eigenvalue weighted by atomic mass is 10.1. The van der Waals surface area contributed by atoms with E-state index in [-0.39, 0.29) is 12.0 Å². The van der Waals surface area contributed by atoms with Crippen molar-refractivity contribution in [2.75, 3.05) is 5.75 Å². The zero-order valence-corrected chi connectivity index (χ0v) is 17.9. The largest absolute Gasteiger partial charge is 0.490 e. The number of amides is 1. The average molecular weight is 438 g/mol. The van der Waals surface area contributed by atoms with Crippen molar-refractivity contribution in [1.29, 1.82) is 0 Å². The van der Waals surface area contributed by atoms with E-state index in [9.17, 15) is 4.79 Å². The van der Waals surface area contributed by atoms with Crippen LogP contribution >= 0.6 is 23.1 Å². The van der Waals surface area contributed by atoms with Crippen LogP contribution in [0.1, 0.15) is 18.2 Å². The van der Waals surface area contributed by atoms with E-state index in [4.69, 9.17) is 9.26 Å². The highest BCUT2D eigenvalue weighted by molar-refractivity contribution is 8.01. The minimum atomic E-state index is -0.0625. The Bertz CT molecular complexity index is 1180. The molecule has 6 nitrogen and oxygen atoms in total. The van der Waals surface area contributed by atoms with E-state index in [2.05, 4.69) is 28.4 Å². The maximum absolute atomic E-state index is 12.2. The minimum Gasteiger partial charge on any atom is -0.490 e. The summed E-state index contributed by atoms with van der Waals surface area (Å²) in [5.74, 6) is 1.87. The van der Waals surface area contributed by atoms with Crippen LogP contribution in [0.3, 0.4) is 0 Å². The quantitative estimate of drug-likeness (QED) is 0.441. The second-order valence-electron chi connectivity index (χ2n) is 7.15. The minimum absolute atomic E-state index is 0.0625. The number of nitrogens with one attached hydrogen (secondary N) is 1. The molecule has 0 radical (unpaired) electrons. The summed E-state index contributed by atoms with van der Waals surface area (Å²) in [6, 6.07) is 15.8. The van der Waals surface area contributed by atoms with Crippen molar-refractivity contribution in [3.63, 3.8) is 0 Å². The number of ether oxygens (including phenoxy) is 1. The van der Waals surface area contributed by atoms with Gasteiger partial charge in [0.1, 0.15) is 17.5 Å². The van der Waals surface area contributed by atoms with Crippen LogP contribution < -0.4 is 10.1 Å². The molecule has 5 rings (SSSR count). The first kappa shape index (κ1) is 19.1. The lowest BCUT2D eigenvalue weighted by Gasteiger charge is -2.02. The Morgan fingerprint density at radius 1 is 1.27 bits per heavy atom. The van der Waals surface area contributed by atoms with Gasteiger partial charge in [0.2, 0.25) is 5.91 Å². The number of carbonyl (C=O) groups is 1. The Morgan fingerprint density at radius 3 is 3.07 bits per heavy atom. The number of benzene rings is 2. The molecule has 1 amide bonds. The zero-order chi connectivity index (χ0) is 20.5. The van der Waals surface area contributed by atoms with Crippen molar-refractivity contribution in [1.82, 2.24) is 15.5 Å². The standard InChI is InChI=1S/C22H19N3O3S2/c1-13-8-15-9-14(6-7-18(15)27-13)19-10-16(25-28-19)11-23-21(26)12-29-22-24-17-4-2-3-5-20(17)30-22/h2-7,9-10,13H,8,11-12H2,1H3,(H,23,26).